The normalized spacial score (nSPS) is 9.80. The number of nitrogens with zero attached hydrogens (tertiary/aromatic N) is 2. The Morgan fingerprint density at radius 1 is 1.30 bits per heavy atom. The summed E-state index contributed by atoms with van der Waals surface area (Å²) < 4.78 is 0. The lowest BCUT2D eigenvalue weighted by molar-refractivity contribution is 0.0697. The molecule has 2 rings (SSSR count). The first kappa shape index (κ1) is 13.8. The lowest BCUT2D eigenvalue weighted by Crippen LogP contribution is -2.08. The van der Waals surface area contributed by atoms with Crippen molar-refractivity contribution in [2.24, 2.45) is 0 Å². The third-order valence-corrected chi connectivity index (χ3v) is 2.85. The van der Waals surface area contributed by atoms with Crippen LogP contribution in [0.3, 0.4) is 0 Å². The summed E-state index contributed by atoms with van der Waals surface area (Å²) in [5.74, 6) is -0.856. The minimum Gasteiger partial charge on any atom is -0.478 e. The number of nitrogens with one attached hydrogen (secondary N) is 1. The van der Waals surface area contributed by atoms with Crippen LogP contribution in [0, 0.1) is 11.3 Å². The van der Waals surface area contributed by atoms with Gasteiger partial charge in [-0.25, -0.2) is 9.78 Å². The fraction of sp³-hybridized carbons (Fsp3) is 0.0714. The largest absolute Gasteiger partial charge is 0.478 e. The molecule has 1 aromatic carbocycles. The summed E-state index contributed by atoms with van der Waals surface area (Å²) >= 11 is 5.76. The smallest absolute Gasteiger partial charge is 0.339 e. The zero-order valence-corrected chi connectivity index (χ0v) is 11.1. The van der Waals surface area contributed by atoms with E-state index < -0.39 is 5.97 Å². The second-order valence-electron chi connectivity index (χ2n) is 4.00. The molecule has 0 atom stereocenters. The summed E-state index contributed by atoms with van der Waals surface area (Å²) in [6.07, 6.45) is 0. The predicted octanol–water partition coefficient (Wildman–Crippen LogP) is 2.92. The van der Waals surface area contributed by atoms with E-state index in [0.717, 1.165) is 5.56 Å². The molecular formula is C14H10ClN3O2. The van der Waals surface area contributed by atoms with Crippen molar-refractivity contribution in [2.45, 2.75) is 6.54 Å². The van der Waals surface area contributed by atoms with Crippen molar-refractivity contribution in [1.29, 1.82) is 5.26 Å². The lowest BCUT2D eigenvalue weighted by Gasteiger charge is -2.09. The Balaban J connectivity index is 2.15. The fourth-order valence-electron chi connectivity index (χ4n) is 1.63. The third-order valence-electron chi connectivity index (χ3n) is 2.63. The highest BCUT2D eigenvalue weighted by molar-refractivity contribution is 6.29. The molecule has 0 aliphatic carbocycles. The SMILES string of the molecule is N#Cc1ccc(CNc2nc(Cl)ccc2C(=O)O)cc1. The van der Waals surface area contributed by atoms with Gasteiger partial charge in [0, 0.05) is 6.54 Å². The van der Waals surface area contributed by atoms with Gasteiger partial charge < -0.3 is 10.4 Å². The first-order valence-corrected chi connectivity index (χ1v) is 6.10. The molecule has 0 spiro atoms. The maximum absolute atomic E-state index is 11.1. The van der Waals surface area contributed by atoms with E-state index in [9.17, 15) is 4.79 Å². The van der Waals surface area contributed by atoms with Crippen molar-refractivity contribution in [3.63, 3.8) is 0 Å². The number of hydrogen-bond acceptors (Lipinski definition) is 4. The van der Waals surface area contributed by atoms with Gasteiger partial charge in [-0.3, -0.25) is 0 Å². The molecule has 1 heterocycles. The second kappa shape index (κ2) is 6.04. The predicted molar refractivity (Wildman–Crippen MR) is 74.7 cm³/mol. The summed E-state index contributed by atoms with van der Waals surface area (Å²) in [6.45, 7) is 0.388. The highest BCUT2D eigenvalue weighted by atomic mass is 35.5. The van der Waals surface area contributed by atoms with E-state index in [1.54, 1.807) is 24.3 Å². The molecule has 20 heavy (non-hydrogen) atoms. The lowest BCUT2D eigenvalue weighted by atomic mass is 10.1. The van der Waals surface area contributed by atoms with Crippen LogP contribution in [-0.2, 0) is 6.54 Å². The molecular weight excluding hydrogens is 278 g/mol. The van der Waals surface area contributed by atoms with Crippen LogP contribution in [0.1, 0.15) is 21.5 Å². The van der Waals surface area contributed by atoms with Crippen molar-refractivity contribution in [1.82, 2.24) is 4.98 Å². The van der Waals surface area contributed by atoms with Crippen molar-refractivity contribution in [2.75, 3.05) is 5.32 Å². The number of aromatic nitrogens is 1. The van der Waals surface area contributed by atoms with Crippen LogP contribution in [-0.4, -0.2) is 16.1 Å². The molecule has 5 nitrogen and oxygen atoms in total. The Hall–Kier alpha value is -2.58. The third kappa shape index (κ3) is 3.25. The molecule has 1 aromatic heterocycles. The van der Waals surface area contributed by atoms with Gasteiger partial charge in [0.2, 0.25) is 0 Å². The summed E-state index contributed by atoms with van der Waals surface area (Å²) in [6, 6.07) is 11.8. The Morgan fingerprint density at radius 2 is 2.00 bits per heavy atom. The summed E-state index contributed by atoms with van der Waals surface area (Å²) in [5.41, 5.74) is 1.53. The van der Waals surface area contributed by atoms with Gasteiger partial charge in [0.15, 0.2) is 0 Å². The minimum atomic E-state index is -1.07. The van der Waals surface area contributed by atoms with Gasteiger partial charge in [0.25, 0.3) is 0 Å². The molecule has 0 bridgehead atoms. The maximum Gasteiger partial charge on any atom is 0.339 e. The average molecular weight is 288 g/mol. The van der Waals surface area contributed by atoms with Crippen LogP contribution in [0.2, 0.25) is 5.15 Å². The number of hydrogen-bond donors (Lipinski definition) is 2. The monoisotopic (exact) mass is 287 g/mol. The van der Waals surface area contributed by atoms with Crippen LogP contribution in [0.15, 0.2) is 36.4 Å². The molecule has 0 aliphatic heterocycles. The number of benzene rings is 1. The molecule has 0 saturated carbocycles. The quantitative estimate of drug-likeness (QED) is 0.844. The number of carbonyl (C=O) groups is 1. The number of carboxylic acid groups (broad SMARTS) is 1. The maximum atomic E-state index is 11.1. The molecule has 0 fully saturated rings. The molecule has 100 valence electrons. The van der Waals surface area contributed by atoms with Gasteiger partial charge >= 0.3 is 5.97 Å². The van der Waals surface area contributed by atoms with E-state index in [1.165, 1.54) is 12.1 Å². The van der Waals surface area contributed by atoms with E-state index in [4.69, 9.17) is 22.0 Å². The van der Waals surface area contributed by atoms with Crippen LogP contribution in [0.4, 0.5) is 5.82 Å². The van der Waals surface area contributed by atoms with Gasteiger partial charge in [0.1, 0.15) is 16.5 Å². The average Bonchev–Trinajstić information content (AvgIpc) is 2.45. The van der Waals surface area contributed by atoms with Crippen molar-refractivity contribution in [3.8, 4) is 6.07 Å². The Bertz CT molecular complexity index is 678. The van der Waals surface area contributed by atoms with Crippen LogP contribution in [0.5, 0.6) is 0 Å². The number of nitriles is 1. The molecule has 2 aromatic rings. The molecule has 0 radical (unpaired) electrons. The van der Waals surface area contributed by atoms with E-state index in [2.05, 4.69) is 10.3 Å². The summed E-state index contributed by atoms with van der Waals surface area (Å²) in [7, 11) is 0. The van der Waals surface area contributed by atoms with Crippen molar-refractivity contribution >= 4 is 23.4 Å². The number of pyridine rings is 1. The molecule has 6 heteroatoms. The van der Waals surface area contributed by atoms with Crippen LogP contribution >= 0.6 is 11.6 Å². The van der Waals surface area contributed by atoms with Crippen LogP contribution in [0.25, 0.3) is 0 Å². The number of carboxylic acids is 1. The van der Waals surface area contributed by atoms with Gasteiger partial charge in [-0.05, 0) is 29.8 Å². The van der Waals surface area contributed by atoms with E-state index in [-0.39, 0.29) is 16.5 Å². The first-order chi connectivity index (χ1) is 9.60. The fourth-order valence-corrected chi connectivity index (χ4v) is 1.77. The van der Waals surface area contributed by atoms with Crippen LogP contribution < -0.4 is 5.32 Å². The number of aromatic carboxylic acids is 1. The molecule has 0 aliphatic rings. The Kier molecular flexibility index (Phi) is 4.18. The highest BCUT2D eigenvalue weighted by Crippen LogP contribution is 2.17. The summed E-state index contributed by atoms with van der Waals surface area (Å²) in [5, 5.41) is 20.9. The number of anilines is 1. The first-order valence-electron chi connectivity index (χ1n) is 5.73. The van der Waals surface area contributed by atoms with Gasteiger partial charge in [0.05, 0.1) is 11.6 Å². The Labute approximate surface area is 120 Å². The van der Waals surface area contributed by atoms with Gasteiger partial charge in [-0.1, -0.05) is 23.7 Å². The number of rotatable bonds is 4. The highest BCUT2D eigenvalue weighted by Gasteiger charge is 2.11. The van der Waals surface area contributed by atoms with Gasteiger partial charge in [-0.15, -0.1) is 0 Å². The van der Waals surface area contributed by atoms with E-state index in [0.29, 0.717) is 12.1 Å². The summed E-state index contributed by atoms with van der Waals surface area (Å²) in [4.78, 5) is 15.0. The topological polar surface area (TPSA) is 86.0 Å². The second-order valence-corrected chi connectivity index (χ2v) is 4.38. The number of halogens is 1. The van der Waals surface area contributed by atoms with Gasteiger partial charge in [-0.2, -0.15) is 5.26 Å². The van der Waals surface area contributed by atoms with Crippen molar-refractivity contribution in [3.05, 3.63) is 58.2 Å². The van der Waals surface area contributed by atoms with Crippen molar-refractivity contribution < 1.29 is 9.90 Å². The Morgan fingerprint density at radius 3 is 2.60 bits per heavy atom. The minimum absolute atomic E-state index is 0.0584. The standard InChI is InChI=1S/C14H10ClN3O2/c15-12-6-5-11(14(19)20)13(18-12)17-8-10-3-1-9(7-16)2-4-10/h1-6H,8H2,(H,17,18)(H,19,20). The molecule has 2 N–H and O–H groups in total. The zero-order chi connectivity index (χ0) is 14.5. The molecule has 0 saturated heterocycles. The molecule has 0 amide bonds. The van der Waals surface area contributed by atoms with E-state index in [1.807, 2.05) is 6.07 Å². The molecule has 0 unspecified atom stereocenters. The zero-order valence-electron chi connectivity index (χ0n) is 10.3. The van der Waals surface area contributed by atoms with E-state index >= 15 is 0 Å².